The van der Waals surface area contributed by atoms with Crippen LogP contribution in [0.1, 0.15) is 88.8 Å². The summed E-state index contributed by atoms with van der Waals surface area (Å²) < 4.78 is 4.03. The van der Waals surface area contributed by atoms with Crippen molar-refractivity contribution < 1.29 is 0 Å². The average Bonchev–Trinajstić information content (AvgIpc) is 4.11. The van der Waals surface area contributed by atoms with Gasteiger partial charge in [-0.3, -0.25) is 0 Å². The molecule has 0 unspecified atom stereocenters. The fourth-order valence-corrected chi connectivity index (χ4v) is 14.9. The molecule has 0 amide bonds. The molecule has 2 aliphatic heterocycles. The number of thiophene rings is 1. The number of aromatic nitrogens is 1. The Morgan fingerprint density at radius 2 is 1.19 bits per heavy atom. The minimum atomic E-state index is -0.273. The van der Waals surface area contributed by atoms with Crippen molar-refractivity contribution in [2.75, 3.05) is 4.81 Å². The lowest BCUT2D eigenvalue weighted by Crippen LogP contribution is -2.61. The zero-order valence-electron chi connectivity index (χ0n) is 42.3. The third-order valence-electron chi connectivity index (χ3n) is 17.1. The van der Waals surface area contributed by atoms with Crippen LogP contribution in [-0.4, -0.2) is 11.4 Å². The van der Waals surface area contributed by atoms with E-state index < -0.39 is 0 Å². The molecule has 9 aromatic carbocycles. The summed E-state index contributed by atoms with van der Waals surface area (Å²) in [5, 5.41) is 4.02. The van der Waals surface area contributed by atoms with Crippen molar-refractivity contribution in [1.29, 1.82) is 0 Å². The normalized spacial score (nSPS) is 14.7. The largest absolute Gasteiger partial charge is 0.376 e. The molecule has 0 saturated heterocycles. The third kappa shape index (κ3) is 5.62. The molecule has 0 fully saturated rings. The van der Waals surface area contributed by atoms with E-state index in [2.05, 4.69) is 241 Å². The molecule has 4 aliphatic rings. The smallest absolute Gasteiger partial charge is 0.333 e. The van der Waals surface area contributed by atoms with Crippen LogP contribution in [0.25, 0.3) is 92.5 Å². The van der Waals surface area contributed by atoms with Crippen LogP contribution in [-0.2, 0) is 22.7 Å². The molecule has 0 radical (unpaired) electrons. The summed E-state index contributed by atoms with van der Waals surface area (Å²) in [6.45, 7) is 19.0. The van der Waals surface area contributed by atoms with Crippen LogP contribution >= 0.6 is 11.3 Å². The maximum Gasteiger partial charge on any atom is 0.333 e. The van der Waals surface area contributed by atoms with E-state index in [0.29, 0.717) is 0 Å². The number of rotatable bonds is 3. The van der Waals surface area contributed by atoms with Gasteiger partial charge in [-0.05, 0) is 149 Å². The number of nitrogens with zero attached hydrogens (tertiary/aromatic N) is 2. The molecule has 0 spiro atoms. The Morgan fingerprint density at radius 1 is 0.528 bits per heavy atom. The molecule has 2 nitrogen and oxygen atoms in total. The molecule has 4 heterocycles. The zero-order chi connectivity index (χ0) is 48.7. The summed E-state index contributed by atoms with van der Waals surface area (Å²) in [6, 6.07) is 68.1. The molecule has 0 atom stereocenters. The Hall–Kier alpha value is -7.40. The zero-order valence-corrected chi connectivity index (χ0v) is 43.1. The molecule has 4 heteroatoms. The third-order valence-corrected chi connectivity index (χ3v) is 18.3. The lowest BCUT2D eigenvalue weighted by Gasteiger charge is -2.44. The Kier molecular flexibility index (Phi) is 8.46. The van der Waals surface area contributed by atoms with Gasteiger partial charge >= 0.3 is 6.85 Å². The summed E-state index contributed by atoms with van der Waals surface area (Å²) in [4.78, 5) is 4.08. The highest BCUT2D eigenvalue weighted by Crippen LogP contribution is 2.60. The van der Waals surface area contributed by atoms with Crippen molar-refractivity contribution >= 4 is 72.4 Å². The summed E-state index contributed by atoms with van der Waals surface area (Å²) in [5.41, 5.74) is 29.3. The summed E-state index contributed by atoms with van der Waals surface area (Å²) in [5.74, 6) is 0. The first-order valence-corrected chi connectivity index (χ1v) is 26.7. The van der Waals surface area contributed by atoms with Crippen LogP contribution in [0.4, 0.5) is 11.4 Å². The first kappa shape index (κ1) is 42.3. The van der Waals surface area contributed by atoms with Gasteiger partial charge in [0.1, 0.15) is 0 Å². The second-order valence-electron chi connectivity index (χ2n) is 23.6. The highest BCUT2D eigenvalue weighted by atomic mass is 32.1. The molecule has 0 saturated carbocycles. The van der Waals surface area contributed by atoms with Gasteiger partial charge in [0.25, 0.3) is 0 Å². The average molecular weight is 943 g/mol. The van der Waals surface area contributed by atoms with E-state index in [0.717, 1.165) is 6.42 Å². The maximum absolute atomic E-state index is 2.77. The van der Waals surface area contributed by atoms with Gasteiger partial charge in [0.05, 0.1) is 11.0 Å². The summed E-state index contributed by atoms with van der Waals surface area (Å²) in [7, 11) is 0. The standard InChI is InChI=1S/C68H55BN2S/c1-66(2,3)43-27-30-45(31-28-43)71-55-34-42-33-41-23-15-16-24-46(41)48(42)36-50(55)61-62-59(47-25-17-18-26-52(47)68(62,7)8)60-49-35-44(67(4,5)6)29-32-54(49)70-56-37-51-57(38-53(56)69(71)63(61)64(60)70)72-65(40-21-13-10-14-22-40)58(51)39-19-11-9-12-20-39/h9-32,34-38H,33H2,1-8H3. The quantitative estimate of drug-likeness (QED) is 0.160. The minimum absolute atomic E-state index is 0.0207. The number of hydrogen-bond acceptors (Lipinski definition) is 2. The monoisotopic (exact) mass is 942 g/mol. The van der Waals surface area contributed by atoms with E-state index >= 15 is 0 Å². The van der Waals surface area contributed by atoms with E-state index in [9.17, 15) is 0 Å². The Morgan fingerprint density at radius 3 is 1.93 bits per heavy atom. The molecule has 2 aromatic heterocycles. The van der Waals surface area contributed by atoms with E-state index in [1.165, 1.54) is 148 Å². The van der Waals surface area contributed by atoms with E-state index in [4.69, 9.17) is 0 Å². The number of fused-ring (bicyclic) bond motifs is 17. The molecule has 2 aliphatic carbocycles. The van der Waals surface area contributed by atoms with E-state index in [-0.39, 0.29) is 23.1 Å². The topological polar surface area (TPSA) is 8.17 Å². The van der Waals surface area contributed by atoms with Crippen LogP contribution in [0, 0.1) is 0 Å². The van der Waals surface area contributed by atoms with Gasteiger partial charge in [0.15, 0.2) is 0 Å². The number of anilines is 2. The van der Waals surface area contributed by atoms with Crippen LogP contribution in [0.3, 0.4) is 0 Å². The molecule has 72 heavy (non-hydrogen) atoms. The molecular formula is C68H55BN2S. The molecule has 11 aromatic rings. The molecular weight excluding hydrogens is 888 g/mol. The van der Waals surface area contributed by atoms with Crippen molar-refractivity contribution in [2.45, 2.75) is 78.1 Å². The fraction of sp³-hybridized carbons (Fsp3) is 0.176. The van der Waals surface area contributed by atoms with Gasteiger partial charge in [-0.2, -0.15) is 0 Å². The number of benzene rings is 9. The van der Waals surface area contributed by atoms with Gasteiger partial charge < -0.3 is 9.38 Å². The predicted molar refractivity (Wildman–Crippen MR) is 309 cm³/mol. The Labute approximate surface area is 427 Å². The first-order valence-electron chi connectivity index (χ1n) is 25.9. The van der Waals surface area contributed by atoms with Gasteiger partial charge in [0.2, 0.25) is 0 Å². The SMILES string of the molecule is CC(C)(C)c1ccc(N2B3c4cc5sc(-c6ccccc6)c(-c6ccccc6)c5cc4-n4c5ccc(C(C)(C)C)cc5c5c6c(c(c3c54)-c3cc4c(cc32)Cc2ccccc2-4)C(C)(C)c2ccccc2-6)cc1. The van der Waals surface area contributed by atoms with E-state index in [1.807, 2.05) is 11.3 Å². The van der Waals surface area contributed by atoms with Crippen molar-refractivity contribution in [3.8, 4) is 60.6 Å². The summed E-state index contributed by atoms with van der Waals surface area (Å²) in [6.07, 6.45) is 0.933. The van der Waals surface area contributed by atoms with Crippen molar-refractivity contribution in [1.82, 2.24) is 4.57 Å². The Bertz CT molecular complexity index is 4160. The second kappa shape index (κ2) is 14.4. The minimum Gasteiger partial charge on any atom is -0.376 e. The van der Waals surface area contributed by atoms with Crippen molar-refractivity contribution in [2.24, 2.45) is 0 Å². The highest BCUT2D eigenvalue weighted by molar-refractivity contribution is 7.23. The highest BCUT2D eigenvalue weighted by Gasteiger charge is 2.50. The van der Waals surface area contributed by atoms with Gasteiger partial charge in [-0.1, -0.05) is 183 Å². The van der Waals surface area contributed by atoms with Crippen molar-refractivity contribution in [3.05, 3.63) is 209 Å². The second-order valence-corrected chi connectivity index (χ2v) is 24.7. The molecule has 346 valence electrons. The molecule has 15 rings (SSSR count). The van der Waals surface area contributed by atoms with Crippen LogP contribution in [0.2, 0.25) is 0 Å². The van der Waals surface area contributed by atoms with Crippen LogP contribution in [0.15, 0.2) is 176 Å². The van der Waals surface area contributed by atoms with Gasteiger partial charge in [-0.15, -0.1) is 11.3 Å². The van der Waals surface area contributed by atoms with Gasteiger partial charge in [-0.25, -0.2) is 0 Å². The predicted octanol–water partition coefficient (Wildman–Crippen LogP) is 17.0. The summed E-state index contributed by atoms with van der Waals surface area (Å²) >= 11 is 1.94. The van der Waals surface area contributed by atoms with Crippen LogP contribution < -0.4 is 15.7 Å². The van der Waals surface area contributed by atoms with E-state index in [1.54, 1.807) is 0 Å². The number of hydrogen-bond donors (Lipinski definition) is 0. The lowest BCUT2D eigenvalue weighted by atomic mass is 9.43. The first-order chi connectivity index (χ1) is 34.8. The van der Waals surface area contributed by atoms with Crippen LogP contribution in [0.5, 0.6) is 0 Å². The molecule has 0 N–H and O–H groups in total. The maximum atomic E-state index is 2.77. The fourth-order valence-electron chi connectivity index (χ4n) is 13.6. The van der Waals surface area contributed by atoms with Crippen molar-refractivity contribution in [3.63, 3.8) is 0 Å². The van der Waals surface area contributed by atoms with Gasteiger partial charge in [0, 0.05) is 59.3 Å². The lowest BCUT2D eigenvalue weighted by molar-refractivity contribution is 0.590. The molecule has 0 bridgehead atoms. The Balaban J connectivity index is 1.17.